The first kappa shape index (κ1) is 17.4. The molecule has 2 fully saturated rings. The summed E-state index contributed by atoms with van der Waals surface area (Å²) in [6.45, 7) is 5.70. The zero-order valence-electron chi connectivity index (χ0n) is 13.9. The van der Waals surface area contributed by atoms with E-state index in [2.05, 4.69) is 0 Å². The van der Waals surface area contributed by atoms with Gasteiger partial charge in [-0.2, -0.15) is 0 Å². The molecule has 0 radical (unpaired) electrons. The molecule has 2 rings (SSSR count). The second-order valence-corrected chi connectivity index (χ2v) is 6.88. The van der Waals surface area contributed by atoms with E-state index >= 15 is 0 Å². The lowest BCUT2D eigenvalue weighted by Crippen LogP contribution is -2.56. The average Bonchev–Trinajstić information content (AvgIpc) is 3.02. The zero-order chi connectivity index (χ0) is 17.4. The molecule has 0 aromatic heterocycles. The van der Waals surface area contributed by atoms with Gasteiger partial charge in [-0.05, 0) is 31.6 Å². The van der Waals surface area contributed by atoms with Gasteiger partial charge in [0.2, 0.25) is 11.7 Å². The number of amides is 2. The van der Waals surface area contributed by atoms with E-state index in [-0.39, 0.29) is 11.8 Å². The van der Waals surface area contributed by atoms with Crippen LogP contribution in [0.1, 0.15) is 46.5 Å². The summed E-state index contributed by atoms with van der Waals surface area (Å²) in [7, 11) is 0. The van der Waals surface area contributed by atoms with Crippen molar-refractivity contribution in [3.8, 4) is 0 Å². The monoisotopic (exact) mass is 324 g/mol. The number of rotatable bonds is 5. The largest absolute Gasteiger partial charge is 0.480 e. The first-order valence-corrected chi connectivity index (χ1v) is 8.07. The first-order valence-electron chi connectivity index (χ1n) is 8.07. The summed E-state index contributed by atoms with van der Waals surface area (Å²) in [5.41, 5.74) is -1.02. The summed E-state index contributed by atoms with van der Waals surface area (Å²) in [4.78, 5) is 50.8. The fourth-order valence-corrected chi connectivity index (χ4v) is 3.73. The Labute approximate surface area is 135 Å². The first-order chi connectivity index (χ1) is 10.7. The number of carbonyl (C=O) groups excluding carboxylic acids is 3. The molecule has 7 heteroatoms. The second kappa shape index (κ2) is 6.29. The topological polar surface area (TPSA) is 95.0 Å². The van der Waals surface area contributed by atoms with E-state index < -0.39 is 29.2 Å². The maximum absolute atomic E-state index is 13.0. The lowest BCUT2D eigenvalue weighted by molar-refractivity contribution is -0.155. The molecule has 2 amide bonds. The van der Waals surface area contributed by atoms with Gasteiger partial charge in [-0.3, -0.25) is 14.4 Å². The highest BCUT2D eigenvalue weighted by Crippen LogP contribution is 2.40. The Morgan fingerprint density at radius 2 is 1.87 bits per heavy atom. The maximum Gasteiger partial charge on any atom is 0.326 e. The van der Waals surface area contributed by atoms with E-state index in [0.29, 0.717) is 38.8 Å². The quantitative estimate of drug-likeness (QED) is 0.750. The van der Waals surface area contributed by atoms with Gasteiger partial charge < -0.3 is 14.9 Å². The van der Waals surface area contributed by atoms with Crippen LogP contribution in [-0.2, 0) is 19.2 Å². The van der Waals surface area contributed by atoms with Gasteiger partial charge in [0, 0.05) is 20.0 Å². The van der Waals surface area contributed by atoms with E-state index in [1.54, 1.807) is 0 Å². The number of carbonyl (C=O) groups is 4. The molecule has 2 heterocycles. The van der Waals surface area contributed by atoms with E-state index in [0.717, 1.165) is 0 Å². The van der Waals surface area contributed by atoms with Crippen molar-refractivity contribution in [2.24, 2.45) is 5.92 Å². The van der Waals surface area contributed by atoms with Crippen LogP contribution in [0, 0.1) is 5.92 Å². The third kappa shape index (κ3) is 2.96. The van der Waals surface area contributed by atoms with Gasteiger partial charge in [0.15, 0.2) is 0 Å². The summed E-state index contributed by atoms with van der Waals surface area (Å²) in [5, 5.41) is 9.47. The Kier molecular flexibility index (Phi) is 4.77. The fourth-order valence-electron chi connectivity index (χ4n) is 3.73. The van der Waals surface area contributed by atoms with Gasteiger partial charge >= 0.3 is 5.97 Å². The molecule has 0 aromatic carbocycles. The molecule has 0 aliphatic carbocycles. The van der Waals surface area contributed by atoms with Crippen molar-refractivity contribution in [1.29, 1.82) is 0 Å². The summed E-state index contributed by atoms with van der Waals surface area (Å²) >= 11 is 0. The minimum Gasteiger partial charge on any atom is -0.480 e. The molecule has 1 spiro atoms. The number of carboxylic acid groups (broad SMARTS) is 1. The van der Waals surface area contributed by atoms with Crippen LogP contribution in [-0.4, -0.2) is 63.1 Å². The Morgan fingerprint density at radius 3 is 2.39 bits per heavy atom. The smallest absolute Gasteiger partial charge is 0.326 e. The van der Waals surface area contributed by atoms with Crippen LogP contribution in [0.5, 0.6) is 0 Å². The lowest BCUT2D eigenvalue weighted by Gasteiger charge is -2.34. The number of ketones is 1. The molecule has 0 bridgehead atoms. The summed E-state index contributed by atoms with van der Waals surface area (Å²) < 4.78 is 0. The molecule has 2 atom stereocenters. The van der Waals surface area contributed by atoms with Crippen molar-refractivity contribution in [3.05, 3.63) is 0 Å². The van der Waals surface area contributed by atoms with Crippen LogP contribution in [0.25, 0.3) is 0 Å². The van der Waals surface area contributed by atoms with Crippen LogP contribution < -0.4 is 0 Å². The van der Waals surface area contributed by atoms with E-state index in [4.69, 9.17) is 0 Å². The van der Waals surface area contributed by atoms with E-state index in [1.807, 2.05) is 13.8 Å². The molecule has 0 saturated carbocycles. The van der Waals surface area contributed by atoms with Crippen LogP contribution in [0.3, 0.4) is 0 Å². The predicted molar refractivity (Wildman–Crippen MR) is 81.6 cm³/mol. The van der Waals surface area contributed by atoms with Gasteiger partial charge in [-0.1, -0.05) is 13.8 Å². The molecule has 1 N–H and O–H groups in total. The predicted octanol–water partition coefficient (Wildman–Crippen LogP) is 0.668. The number of hydrogen-bond acceptors (Lipinski definition) is 4. The minimum atomic E-state index is -1.02. The molecular formula is C16H24N2O5. The molecule has 2 aliphatic rings. The van der Waals surface area contributed by atoms with E-state index in [1.165, 1.54) is 16.7 Å². The molecule has 1 unspecified atom stereocenters. The number of hydrogen-bond donors (Lipinski definition) is 1. The lowest BCUT2D eigenvalue weighted by atomic mass is 9.93. The van der Waals surface area contributed by atoms with Gasteiger partial charge in [0.05, 0.1) is 0 Å². The number of likely N-dealkylation sites (tertiary alicyclic amines) is 2. The highest BCUT2D eigenvalue weighted by molar-refractivity contribution is 6.35. The van der Waals surface area contributed by atoms with Gasteiger partial charge in [0.25, 0.3) is 5.91 Å². The number of aliphatic carboxylic acids is 1. The van der Waals surface area contributed by atoms with Crippen LogP contribution in [0.2, 0.25) is 0 Å². The molecule has 2 saturated heterocycles. The molecular weight excluding hydrogens is 300 g/mol. The third-order valence-corrected chi connectivity index (χ3v) is 4.82. The Hall–Kier alpha value is -1.92. The normalized spacial score (nSPS) is 25.5. The molecule has 7 nitrogen and oxygen atoms in total. The zero-order valence-corrected chi connectivity index (χ0v) is 13.9. The van der Waals surface area contributed by atoms with Gasteiger partial charge in [-0.15, -0.1) is 0 Å². The van der Waals surface area contributed by atoms with Crippen molar-refractivity contribution in [2.45, 2.75) is 58.0 Å². The van der Waals surface area contributed by atoms with Crippen molar-refractivity contribution >= 4 is 23.6 Å². The highest BCUT2D eigenvalue weighted by atomic mass is 16.4. The Balaban J connectivity index is 2.27. The van der Waals surface area contributed by atoms with E-state index in [9.17, 15) is 24.3 Å². The molecule has 2 aliphatic heterocycles. The van der Waals surface area contributed by atoms with Crippen LogP contribution in [0.15, 0.2) is 0 Å². The molecule has 23 heavy (non-hydrogen) atoms. The number of Topliss-reactive ketones (excluding diaryl/α,β-unsaturated/α-hetero) is 1. The highest BCUT2D eigenvalue weighted by Gasteiger charge is 2.57. The molecule has 128 valence electrons. The van der Waals surface area contributed by atoms with Gasteiger partial charge in [0.1, 0.15) is 11.6 Å². The number of nitrogens with zero attached hydrogens (tertiary/aromatic N) is 2. The average molecular weight is 324 g/mol. The van der Waals surface area contributed by atoms with Crippen molar-refractivity contribution in [1.82, 2.24) is 9.80 Å². The maximum atomic E-state index is 13.0. The Morgan fingerprint density at radius 1 is 1.22 bits per heavy atom. The fraction of sp³-hybridized carbons (Fsp3) is 0.750. The SMILES string of the molecule is CC(=O)C(=O)N1CCCC12CCN([C@H](CC(C)C)C(=O)O)C2=O. The summed E-state index contributed by atoms with van der Waals surface area (Å²) in [6, 6.07) is -0.878. The van der Waals surface area contributed by atoms with Gasteiger partial charge in [-0.25, -0.2) is 4.79 Å². The standard InChI is InChI=1S/C16H24N2O5/c1-10(2)9-12(14(21)22)17-8-6-16(15(17)23)5-4-7-18(16)13(20)11(3)19/h10,12H,4-9H2,1-3H3,(H,21,22)/t12-,16?/m1/s1. The summed E-state index contributed by atoms with van der Waals surface area (Å²) in [6.07, 6.45) is 1.92. The van der Waals surface area contributed by atoms with Crippen molar-refractivity contribution in [3.63, 3.8) is 0 Å². The van der Waals surface area contributed by atoms with Crippen molar-refractivity contribution in [2.75, 3.05) is 13.1 Å². The minimum absolute atomic E-state index is 0.138. The number of carboxylic acids is 1. The van der Waals surface area contributed by atoms with Crippen molar-refractivity contribution < 1.29 is 24.3 Å². The van der Waals surface area contributed by atoms with Crippen LogP contribution >= 0.6 is 0 Å². The second-order valence-electron chi connectivity index (χ2n) is 6.88. The van der Waals surface area contributed by atoms with Crippen LogP contribution in [0.4, 0.5) is 0 Å². The molecule has 0 aromatic rings. The third-order valence-electron chi connectivity index (χ3n) is 4.82. The Bertz CT molecular complexity index is 545. The summed E-state index contributed by atoms with van der Waals surface area (Å²) in [5.74, 6) is -2.44.